The Hall–Kier alpha value is -1.95. The first-order chi connectivity index (χ1) is 8.58. The van der Waals surface area contributed by atoms with Crippen molar-refractivity contribution in [2.75, 3.05) is 6.54 Å². The van der Waals surface area contributed by atoms with Crippen molar-refractivity contribution in [1.82, 2.24) is 20.1 Å². The molecule has 0 aromatic carbocycles. The lowest BCUT2D eigenvalue weighted by Crippen LogP contribution is -2.17. The van der Waals surface area contributed by atoms with E-state index in [0.717, 1.165) is 22.3 Å². The van der Waals surface area contributed by atoms with Gasteiger partial charge in [-0.05, 0) is 18.6 Å². The third kappa shape index (κ3) is 2.65. The van der Waals surface area contributed by atoms with Gasteiger partial charge in [-0.2, -0.15) is 5.10 Å². The molecule has 2 rings (SSSR count). The normalized spacial score (nSPS) is 11.0. The van der Waals surface area contributed by atoms with Gasteiger partial charge in [-0.3, -0.25) is 9.48 Å². The number of aryl methyl sites for hydroxylation is 2. The van der Waals surface area contributed by atoms with E-state index in [9.17, 15) is 4.79 Å². The Labute approximate surface area is 105 Å². The highest BCUT2D eigenvalue weighted by Gasteiger charge is 2.06. The van der Waals surface area contributed by atoms with Gasteiger partial charge in [-0.25, -0.2) is 4.98 Å². The van der Waals surface area contributed by atoms with Crippen molar-refractivity contribution in [3.05, 3.63) is 23.5 Å². The van der Waals surface area contributed by atoms with Crippen LogP contribution in [-0.4, -0.2) is 32.4 Å². The molecular weight excluding hydrogens is 232 g/mol. The van der Waals surface area contributed by atoms with E-state index in [2.05, 4.69) is 15.4 Å². The van der Waals surface area contributed by atoms with Gasteiger partial charge in [0.2, 0.25) is 0 Å². The zero-order valence-corrected chi connectivity index (χ0v) is 10.5. The maximum atomic E-state index is 10.4. The molecule has 0 bridgehead atoms. The SMILES string of the molecule is Cc1nn(C)c2ncc(CNCCC(=O)O)cc12. The standard InChI is InChI=1S/C12H16N4O2/c1-8-10-5-9(6-13-4-3-11(17)18)7-14-12(10)16(2)15-8/h5,7,13H,3-4,6H2,1-2H3,(H,17,18). The summed E-state index contributed by atoms with van der Waals surface area (Å²) in [6, 6.07) is 2.04. The minimum atomic E-state index is -0.792. The molecule has 0 unspecified atom stereocenters. The lowest BCUT2D eigenvalue weighted by atomic mass is 10.2. The van der Waals surface area contributed by atoms with Crippen LogP contribution in [0.25, 0.3) is 11.0 Å². The molecule has 0 saturated heterocycles. The van der Waals surface area contributed by atoms with Crippen molar-refractivity contribution in [2.45, 2.75) is 19.9 Å². The van der Waals surface area contributed by atoms with E-state index in [-0.39, 0.29) is 6.42 Å². The van der Waals surface area contributed by atoms with E-state index in [0.29, 0.717) is 13.1 Å². The summed E-state index contributed by atoms with van der Waals surface area (Å²) in [5, 5.41) is 16.9. The van der Waals surface area contributed by atoms with Crippen molar-refractivity contribution in [3.63, 3.8) is 0 Å². The molecule has 0 spiro atoms. The van der Waals surface area contributed by atoms with Crippen molar-refractivity contribution in [1.29, 1.82) is 0 Å². The number of nitrogens with zero attached hydrogens (tertiary/aromatic N) is 3. The maximum Gasteiger partial charge on any atom is 0.304 e. The van der Waals surface area contributed by atoms with Gasteiger partial charge in [0.05, 0.1) is 12.1 Å². The molecule has 96 valence electrons. The molecule has 0 aliphatic rings. The monoisotopic (exact) mass is 248 g/mol. The summed E-state index contributed by atoms with van der Waals surface area (Å²) in [4.78, 5) is 14.7. The third-order valence-electron chi connectivity index (χ3n) is 2.76. The number of aromatic nitrogens is 3. The second kappa shape index (κ2) is 5.14. The first-order valence-corrected chi connectivity index (χ1v) is 5.78. The molecule has 0 saturated carbocycles. The molecule has 18 heavy (non-hydrogen) atoms. The summed E-state index contributed by atoms with van der Waals surface area (Å²) < 4.78 is 1.76. The van der Waals surface area contributed by atoms with Gasteiger partial charge in [0.15, 0.2) is 5.65 Å². The van der Waals surface area contributed by atoms with Gasteiger partial charge in [0, 0.05) is 31.7 Å². The van der Waals surface area contributed by atoms with E-state index in [1.165, 1.54) is 0 Å². The smallest absolute Gasteiger partial charge is 0.304 e. The maximum absolute atomic E-state index is 10.4. The van der Waals surface area contributed by atoms with Crippen molar-refractivity contribution < 1.29 is 9.90 Å². The fraction of sp³-hybridized carbons (Fsp3) is 0.417. The number of aliphatic carboxylic acids is 1. The van der Waals surface area contributed by atoms with Crippen molar-refractivity contribution in [2.24, 2.45) is 7.05 Å². The van der Waals surface area contributed by atoms with E-state index < -0.39 is 5.97 Å². The Kier molecular flexibility index (Phi) is 3.57. The lowest BCUT2D eigenvalue weighted by Gasteiger charge is -2.03. The summed E-state index contributed by atoms with van der Waals surface area (Å²) in [6.07, 6.45) is 1.92. The van der Waals surface area contributed by atoms with Gasteiger partial charge in [0.1, 0.15) is 0 Å². The predicted octanol–water partition coefficient (Wildman–Crippen LogP) is 0.841. The highest BCUT2D eigenvalue weighted by molar-refractivity contribution is 5.78. The Morgan fingerprint density at radius 2 is 2.33 bits per heavy atom. The molecule has 6 nitrogen and oxygen atoms in total. The van der Waals surface area contributed by atoms with Crippen LogP contribution in [0.5, 0.6) is 0 Å². The number of hydrogen-bond acceptors (Lipinski definition) is 4. The largest absolute Gasteiger partial charge is 0.481 e. The molecule has 0 amide bonds. The fourth-order valence-electron chi connectivity index (χ4n) is 1.88. The molecule has 0 aliphatic carbocycles. The van der Waals surface area contributed by atoms with Gasteiger partial charge in [-0.1, -0.05) is 0 Å². The summed E-state index contributed by atoms with van der Waals surface area (Å²) in [5.41, 5.74) is 2.85. The van der Waals surface area contributed by atoms with Gasteiger partial charge >= 0.3 is 5.97 Å². The van der Waals surface area contributed by atoms with Gasteiger partial charge in [-0.15, -0.1) is 0 Å². The summed E-state index contributed by atoms with van der Waals surface area (Å²) in [5.74, 6) is -0.792. The summed E-state index contributed by atoms with van der Waals surface area (Å²) in [7, 11) is 1.87. The molecule has 2 aromatic rings. The number of pyridine rings is 1. The van der Waals surface area contributed by atoms with Crippen molar-refractivity contribution in [3.8, 4) is 0 Å². The minimum absolute atomic E-state index is 0.127. The predicted molar refractivity (Wildman–Crippen MR) is 67.2 cm³/mol. The Morgan fingerprint density at radius 3 is 3.06 bits per heavy atom. The molecule has 0 atom stereocenters. The van der Waals surface area contributed by atoms with Crippen LogP contribution in [-0.2, 0) is 18.4 Å². The Morgan fingerprint density at radius 1 is 1.56 bits per heavy atom. The fourth-order valence-corrected chi connectivity index (χ4v) is 1.88. The van der Waals surface area contributed by atoms with Crippen LogP contribution in [0.1, 0.15) is 17.7 Å². The first kappa shape index (κ1) is 12.5. The van der Waals surface area contributed by atoms with Crippen LogP contribution >= 0.6 is 0 Å². The number of rotatable bonds is 5. The number of hydrogen-bond donors (Lipinski definition) is 2. The summed E-state index contributed by atoms with van der Waals surface area (Å²) in [6.45, 7) is 3.02. The van der Waals surface area contributed by atoms with Gasteiger partial charge < -0.3 is 10.4 Å². The number of fused-ring (bicyclic) bond motifs is 1. The topological polar surface area (TPSA) is 80.0 Å². The molecule has 2 N–H and O–H groups in total. The Balaban J connectivity index is 2.06. The average Bonchev–Trinajstić information content (AvgIpc) is 2.60. The minimum Gasteiger partial charge on any atom is -0.481 e. The quantitative estimate of drug-likeness (QED) is 0.766. The van der Waals surface area contributed by atoms with Crippen LogP contribution in [0.2, 0.25) is 0 Å². The molecular formula is C12H16N4O2. The average molecular weight is 248 g/mol. The number of carboxylic acids is 1. The molecule has 2 heterocycles. The molecule has 6 heteroatoms. The van der Waals surface area contributed by atoms with Crippen LogP contribution in [0.3, 0.4) is 0 Å². The third-order valence-corrected chi connectivity index (χ3v) is 2.76. The van der Waals surface area contributed by atoms with Crippen molar-refractivity contribution >= 4 is 17.0 Å². The van der Waals surface area contributed by atoms with Crippen LogP contribution in [0, 0.1) is 6.92 Å². The second-order valence-electron chi connectivity index (χ2n) is 4.24. The van der Waals surface area contributed by atoms with E-state index >= 15 is 0 Å². The zero-order chi connectivity index (χ0) is 13.1. The number of carboxylic acid groups (broad SMARTS) is 1. The molecule has 0 fully saturated rings. The zero-order valence-electron chi connectivity index (χ0n) is 10.5. The van der Waals surface area contributed by atoms with Crippen LogP contribution in [0.15, 0.2) is 12.3 Å². The van der Waals surface area contributed by atoms with E-state index in [1.54, 1.807) is 10.9 Å². The molecule has 0 aliphatic heterocycles. The second-order valence-corrected chi connectivity index (χ2v) is 4.24. The van der Waals surface area contributed by atoms with E-state index in [4.69, 9.17) is 5.11 Å². The van der Waals surface area contributed by atoms with Crippen LogP contribution in [0.4, 0.5) is 0 Å². The first-order valence-electron chi connectivity index (χ1n) is 5.78. The molecule has 0 radical (unpaired) electrons. The lowest BCUT2D eigenvalue weighted by molar-refractivity contribution is -0.136. The molecule has 2 aromatic heterocycles. The number of carbonyl (C=O) groups is 1. The number of nitrogens with one attached hydrogen (secondary N) is 1. The highest BCUT2D eigenvalue weighted by Crippen LogP contribution is 2.16. The van der Waals surface area contributed by atoms with Crippen LogP contribution < -0.4 is 5.32 Å². The Bertz CT molecular complexity index is 577. The van der Waals surface area contributed by atoms with Gasteiger partial charge in [0.25, 0.3) is 0 Å². The highest BCUT2D eigenvalue weighted by atomic mass is 16.4. The summed E-state index contributed by atoms with van der Waals surface area (Å²) >= 11 is 0. The van der Waals surface area contributed by atoms with E-state index in [1.807, 2.05) is 20.0 Å².